The molecule has 0 bridgehead atoms. The molecule has 3 atom stereocenters. The van der Waals surface area contributed by atoms with Crippen LogP contribution in [0.15, 0.2) is 54.9 Å². The van der Waals surface area contributed by atoms with Crippen LogP contribution in [0.5, 0.6) is 0 Å². The van der Waals surface area contributed by atoms with Crippen LogP contribution in [0.4, 0.5) is 0 Å². The lowest BCUT2D eigenvalue weighted by atomic mass is 10.0. The van der Waals surface area contributed by atoms with E-state index in [1.165, 1.54) is 0 Å². The Morgan fingerprint density at radius 2 is 2.04 bits per heavy atom. The predicted molar refractivity (Wildman–Crippen MR) is 95.2 cm³/mol. The molecular weight excluding hydrogens is 330 g/mol. The second kappa shape index (κ2) is 7.25. The average Bonchev–Trinajstić information content (AvgIpc) is 3.30. The van der Waals surface area contributed by atoms with E-state index in [-0.39, 0.29) is 29.9 Å². The molecule has 2 fully saturated rings. The van der Waals surface area contributed by atoms with Crippen LogP contribution in [0.2, 0.25) is 0 Å². The Balaban J connectivity index is 1.46. The number of fused-ring (bicyclic) bond motifs is 1. The zero-order valence-electron chi connectivity index (χ0n) is 14.4. The highest BCUT2D eigenvalue weighted by atomic mass is 16.5. The number of amides is 2. The number of nitrogens with one attached hydrogen (secondary N) is 1. The topological polar surface area (TPSA) is 71.5 Å². The van der Waals surface area contributed by atoms with Gasteiger partial charge in [0, 0.05) is 37.7 Å². The standard InChI is InChI=1S/C20H21N3O3/c24-19(22-12-14-5-4-9-21-11-14)16-13-23(17-8-10-26-18(16)17)20(25)15-6-2-1-3-7-15/h1-7,9,11,16-18H,8,10,12-13H2,(H,22,24). The third-order valence-electron chi connectivity index (χ3n) is 5.10. The van der Waals surface area contributed by atoms with E-state index in [0.29, 0.717) is 25.3 Å². The van der Waals surface area contributed by atoms with E-state index in [1.54, 1.807) is 17.3 Å². The maximum absolute atomic E-state index is 12.9. The van der Waals surface area contributed by atoms with Gasteiger partial charge in [-0.25, -0.2) is 0 Å². The number of nitrogens with zero attached hydrogens (tertiary/aromatic N) is 2. The molecular formula is C20H21N3O3. The lowest BCUT2D eigenvalue weighted by molar-refractivity contribution is -0.127. The third-order valence-corrected chi connectivity index (χ3v) is 5.10. The molecule has 1 N–H and O–H groups in total. The normalized spacial score (nSPS) is 24.3. The van der Waals surface area contributed by atoms with Gasteiger partial charge in [0.05, 0.1) is 18.1 Å². The summed E-state index contributed by atoms with van der Waals surface area (Å²) >= 11 is 0. The molecule has 26 heavy (non-hydrogen) atoms. The molecule has 2 aromatic rings. The Morgan fingerprint density at radius 3 is 2.81 bits per heavy atom. The van der Waals surface area contributed by atoms with E-state index in [2.05, 4.69) is 10.3 Å². The van der Waals surface area contributed by atoms with Gasteiger partial charge in [0.25, 0.3) is 5.91 Å². The number of carbonyl (C=O) groups is 2. The Bertz CT molecular complexity index is 781. The fourth-order valence-electron chi connectivity index (χ4n) is 3.80. The van der Waals surface area contributed by atoms with Gasteiger partial charge in [-0.05, 0) is 30.2 Å². The molecule has 1 aromatic carbocycles. The summed E-state index contributed by atoms with van der Waals surface area (Å²) in [7, 11) is 0. The van der Waals surface area contributed by atoms with Crippen LogP contribution >= 0.6 is 0 Å². The molecule has 0 radical (unpaired) electrons. The van der Waals surface area contributed by atoms with Crippen LogP contribution in [0.25, 0.3) is 0 Å². The van der Waals surface area contributed by atoms with Gasteiger partial charge < -0.3 is 15.0 Å². The zero-order chi connectivity index (χ0) is 17.9. The summed E-state index contributed by atoms with van der Waals surface area (Å²) in [5.41, 5.74) is 1.59. The van der Waals surface area contributed by atoms with Gasteiger partial charge in [-0.15, -0.1) is 0 Å². The first-order valence-corrected chi connectivity index (χ1v) is 8.88. The van der Waals surface area contributed by atoms with Crippen LogP contribution in [0, 0.1) is 5.92 Å². The number of hydrogen-bond acceptors (Lipinski definition) is 4. The molecule has 4 rings (SSSR count). The van der Waals surface area contributed by atoms with Crippen molar-refractivity contribution < 1.29 is 14.3 Å². The van der Waals surface area contributed by atoms with E-state index >= 15 is 0 Å². The molecule has 134 valence electrons. The number of rotatable bonds is 4. The first-order valence-electron chi connectivity index (χ1n) is 8.88. The summed E-state index contributed by atoms with van der Waals surface area (Å²) < 4.78 is 5.81. The second-order valence-corrected chi connectivity index (χ2v) is 6.70. The smallest absolute Gasteiger partial charge is 0.254 e. The van der Waals surface area contributed by atoms with E-state index in [4.69, 9.17) is 4.74 Å². The maximum Gasteiger partial charge on any atom is 0.254 e. The first-order chi connectivity index (χ1) is 12.7. The maximum atomic E-state index is 12.9. The van der Waals surface area contributed by atoms with Crippen molar-refractivity contribution >= 4 is 11.8 Å². The molecule has 3 unspecified atom stereocenters. The molecule has 6 heteroatoms. The summed E-state index contributed by atoms with van der Waals surface area (Å²) in [5, 5.41) is 2.96. The minimum Gasteiger partial charge on any atom is -0.375 e. The highest BCUT2D eigenvalue weighted by Crippen LogP contribution is 2.34. The molecule has 0 aliphatic carbocycles. The minimum absolute atomic E-state index is 0.0307. The largest absolute Gasteiger partial charge is 0.375 e. The summed E-state index contributed by atoms with van der Waals surface area (Å²) in [6.45, 7) is 1.40. The van der Waals surface area contributed by atoms with Gasteiger partial charge in [0.15, 0.2) is 0 Å². The Hall–Kier alpha value is -2.73. The SMILES string of the molecule is O=C(NCc1cccnc1)C1CN(C(=O)c2ccccc2)C2CCOC12. The van der Waals surface area contributed by atoms with Crippen molar-refractivity contribution in [2.24, 2.45) is 5.92 Å². The van der Waals surface area contributed by atoms with Gasteiger partial charge in [-0.3, -0.25) is 14.6 Å². The highest BCUT2D eigenvalue weighted by Gasteiger charge is 2.50. The van der Waals surface area contributed by atoms with E-state index in [1.807, 2.05) is 42.5 Å². The van der Waals surface area contributed by atoms with Gasteiger partial charge in [-0.1, -0.05) is 24.3 Å². The lowest BCUT2D eigenvalue weighted by Gasteiger charge is -2.22. The third kappa shape index (κ3) is 3.20. The summed E-state index contributed by atoms with van der Waals surface area (Å²) in [4.78, 5) is 31.4. The van der Waals surface area contributed by atoms with Crippen molar-refractivity contribution in [3.63, 3.8) is 0 Å². The Labute approximate surface area is 152 Å². The average molecular weight is 351 g/mol. The number of ether oxygens (including phenoxy) is 1. The van der Waals surface area contributed by atoms with Crippen molar-refractivity contribution in [3.05, 3.63) is 66.0 Å². The predicted octanol–water partition coefficient (Wildman–Crippen LogP) is 1.63. The molecule has 1 aromatic heterocycles. The molecule has 3 heterocycles. The highest BCUT2D eigenvalue weighted by molar-refractivity contribution is 5.95. The van der Waals surface area contributed by atoms with Crippen LogP contribution in [-0.4, -0.2) is 47.0 Å². The number of benzene rings is 1. The molecule has 2 aliphatic rings. The van der Waals surface area contributed by atoms with Crippen LogP contribution in [-0.2, 0) is 16.1 Å². The summed E-state index contributed by atoms with van der Waals surface area (Å²) in [6, 6.07) is 12.9. The van der Waals surface area contributed by atoms with Crippen molar-refractivity contribution in [2.45, 2.75) is 25.1 Å². The van der Waals surface area contributed by atoms with E-state index in [0.717, 1.165) is 12.0 Å². The Kier molecular flexibility index (Phi) is 4.67. The van der Waals surface area contributed by atoms with Gasteiger partial charge >= 0.3 is 0 Å². The van der Waals surface area contributed by atoms with Crippen LogP contribution in [0.1, 0.15) is 22.3 Å². The van der Waals surface area contributed by atoms with E-state index < -0.39 is 0 Å². The molecule has 0 spiro atoms. The Morgan fingerprint density at radius 1 is 1.19 bits per heavy atom. The fourth-order valence-corrected chi connectivity index (χ4v) is 3.80. The van der Waals surface area contributed by atoms with Crippen LogP contribution in [0.3, 0.4) is 0 Å². The number of aromatic nitrogens is 1. The quantitative estimate of drug-likeness (QED) is 0.909. The summed E-state index contributed by atoms with van der Waals surface area (Å²) in [6.07, 6.45) is 3.98. The van der Waals surface area contributed by atoms with Crippen molar-refractivity contribution in [2.75, 3.05) is 13.2 Å². The van der Waals surface area contributed by atoms with Gasteiger partial charge in [0.2, 0.25) is 5.91 Å². The molecule has 2 saturated heterocycles. The number of likely N-dealkylation sites (tertiary alicyclic amines) is 1. The van der Waals surface area contributed by atoms with E-state index in [9.17, 15) is 9.59 Å². The molecule has 2 aliphatic heterocycles. The summed E-state index contributed by atoms with van der Waals surface area (Å²) in [5.74, 6) is -0.449. The fraction of sp³-hybridized carbons (Fsp3) is 0.350. The molecule has 0 saturated carbocycles. The monoisotopic (exact) mass is 351 g/mol. The van der Waals surface area contributed by atoms with Gasteiger partial charge in [-0.2, -0.15) is 0 Å². The number of pyridine rings is 1. The van der Waals surface area contributed by atoms with Crippen LogP contribution < -0.4 is 5.32 Å². The van der Waals surface area contributed by atoms with Crippen molar-refractivity contribution in [3.8, 4) is 0 Å². The number of carbonyl (C=O) groups excluding carboxylic acids is 2. The first kappa shape index (κ1) is 16.7. The van der Waals surface area contributed by atoms with Crippen molar-refractivity contribution in [1.82, 2.24) is 15.2 Å². The lowest BCUT2D eigenvalue weighted by Crippen LogP contribution is -2.37. The van der Waals surface area contributed by atoms with Gasteiger partial charge in [0.1, 0.15) is 0 Å². The molecule has 6 nitrogen and oxygen atoms in total. The van der Waals surface area contributed by atoms with Crippen molar-refractivity contribution in [1.29, 1.82) is 0 Å². The zero-order valence-corrected chi connectivity index (χ0v) is 14.4. The second-order valence-electron chi connectivity index (χ2n) is 6.70. The number of hydrogen-bond donors (Lipinski definition) is 1. The minimum atomic E-state index is -0.341. The molecule has 2 amide bonds.